The highest BCUT2D eigenvalue weighted by atomic mass is 16.5. The Hall–Kier alpha value is -2.36. The molecule has 0 aliphatic rings. The fourth-order valence-electron chi connectivity index (χ4n) is 2.08. The second-order valence-corrected chi connectivity index (χ2v) is 5.40. The number of rotatable bonds is 7. The lowest BCUT2D eigenvalue weighted by Crippen LogP contribution is -2.15. The van der Waals surface area contributed by atoms with Crippen molar-refractivity contribution in [2.24, 2.45) is 0 Å². The summed E-state index contributed by atoms with van der Waals surface area (Å²) in [7, 11) is 0. The molecule has 0 radical (unpaired) electrons. The molecule has 1 heterocycles. The number of hydrogen-bond acceptors (Lipinski definition) is 4. The van der Waals surface area contributed by atoms with Crippen LogP contribution in [0.2, 0.25) is 0 Å². The first-order chi connectivity index (χ1) is 10.6. The molecule has 0 unspecified atom stereocenters. The lowest BCUT2D eigenvalue weighted by atomic mass is 10.0. The van der Waals surface area contributed by atoms with E-state index in [0.29, 0.717) is 23.6 Å². The minimum atomic E-state index is -0.0572. The second kappa shape index (κ2) is 7.59. The van der Waals surface area contributed by atoms with Gasteiger partial charge in [0.15, 0.2) is 5.78 Å². The van der Waals surface area contributed by atoms with Crippen LogP contribution in [0, 0.1) is 0 Å². The van der Waals surface area contributed by atoms with Crippen LogP contribution in [0.3, 0.4) is 0 Å². The smallest absolute Gasteiger partial charge is 0.196 e. The molecule has 2 aromatic rings. The zero-order valence-electron chi connectivity index (χ0n) is 13.3. The molecule has 0 fully saturated rings. The third-order valence-corrected chi connectivity index (χ3v) is 3.05. The number of carbonyl (C=O) groups excluding carboxylic acids is 1. The first-order valence-electron chi connectivity index (χ1n) is 7.61. The molecular formula is C18H22N2O2. The summed E-state index contributed by atoms with van der Waals surface area (Å²) in [5.74, 6) is 1.27. The van der Waals surface area contributed by atoms with E-state index in [-0.39, 0.29) is 11.8 Å². The standard InChI is InChI=1S/C18H22N2O2/c1-4-11-22-15-8-5-7-14(12-15)17(21)16-9-6-10-19-18(16)20-13(2)3/h5-10,12-13H,4,11H2,1-3H3,(H,19,20). The summed E-state index contributed by atoms with van der Waals surface area (Å²) in [6, 6.07) is 11.1. The number of benzene rings is 1. The Morgan fingerprint density at radius 1 is 1.27 bits per heavy atom. The van der Waals surface area contributed by atoms with E-state index < -0.39 is 0 Å². The van der Waals surface area contributed by atoms with Crippen LogP contribution in [0.4, 0.5) is 5.82 Å². The second-order valence-electron chi connectivity index (χ2n) is 5.40. The van der Waals surface area contributed by atoms with Gasteiger partial charge < -0.3 is 10.1 Å². The van der Waals surface area contributed by atoms with Crippen LogP contribution in [-0.2, 0) is 0 Å². The fraction of sp³-hybridized carbons (Fsp3) is 0.333. The van der Waals surface area contributed by atoms with Crippen molar-refractivity contribution in [1.82, 2.24) is 4.98 Å². The van der Waals surface area contributed by atoms with Crippen LogP contribution < -0.4 is 10.1 Å². The summed E-state index contributed by atoms with van der Waals surface area (Å²) in [6.07, 6.45) is 2.62. The highest BCUT2D eigenvalue weighted by Crippen LogP contribution is 2.20. The van der Waals surface area contributed by atoms with Gasteiger partial charge in [0, 0.05) is 17.8 Å². The van der Waals surface area contributed by atoms with Crippen molar-refractivity contribution in [2.75, 3.05) is 11.9 Å². The Morgan fingerprint density at radius 3 is 2.82 bits per heavy atom. The lowest BCUT2D eigenvalue weighted by molar-refractivity contribution is 0.103. The summed E-state index contributed by atoms with van der Waals surface area (Å²) >= 11 is 0. The Morgan fingerprint density at radius 2 is 2.09 bits per heavy atom. The predicted molar refractivity (Wildman–Crippen MR) is 88.7 cm³/mol. The van der Waals surface area contributed by atoms with Crippen LogP contribution in [0.15, 0.2) is 42.6 Å². The molecule has 0 aliphatic heterocycles. The lowest BCUT2D eigenvalue weighted by Gasteiger charge is -2.13. The Kier molecular flexibility index (Phi) is 5.53. The largest absolute Gasteiger partial charge is 0.494 e. The third kappa shape index (κ3) is 4.07. The normalized spacial score (nSPS) is 10.5. The van der Waals surface area contributed by atoms with Gasteiger partial charge in [-0.1, -0.05) is 19.1 Å². The molecule has 4 heteroatoms. The third-order valence-electron chi connectivity index (χ3n) is 3.05. The average Bonchev–Trinajstić information content (AvgIpc) is 2.52. The highest BCUT2D eigenvalue weighted by Gasteiger charge is 2.15. The quantitative estimate of drug-likeness (QED) is 0.787. The minimum absolute atomic E-state index is 0.0572. The van der Waals surface area contributed by atoms with Crippen LogP contribution in [0.25, 0.3) is 0 Å². The van der Waals surface area contributed by atoms with Gasteiger partial charge in [-0.25, -0.2) is 4.98 Å². The van der Waals surface area contributed by atoms with E-state index in [1.54, 1.807) is 30.5 Å². The number of hydrogen-bond donors (Lipinski definition) is 1. The summed E-state index contributed by atoms with van der Waals surface area (Å²) in [4.78, 5) is 17.0. The number of nitrogens with zero attached hydrogens (tertiary/aromatic N) is 1. The van der Waals surface area contributed by atoms with Gasteiger partial charge in [0.05, 0.1) is 12.2 Å². The maximum absolute atomic E-state index is 12.7. The van der Waals surface area contributed by atoms with Crippen molar-refractivity contribution in [3.8, 4) is 5.75 Å². The first kappa shape index (κ1) is 16.0. The molecule has 116 valence electrons. The van der Waals surface area contributed by atoms with Crippen molar-refractivity contribution in [3.05, 3.63) is 53.7 Å². The number of carbonyl (C=O) groups is 1. The molecule has 0 aliphatic carbocycles. The van der Waals surface area contributed by atoms with Crippen LogP contribution in [0.1, 0.15) is 43.1 Å². The van der Waals surface area contributed by atoms with Crippen molar-refractivity contribution >= 4 is 11.6 Å². The van der Waals surface area contributed by atoms with Crippen LogP contribution >= 0.6 is 0 Å². The van der Waals surface area contributed by atoms with E-state index in [1.807, 2.05) is 26.0 Å². The molecule has 4 nitrogen and oxygen atoms in total. The number of aromatic nitrogens is 1. The van der Waals surface area contributed by atoms with Gasteiger partial charge in [0.2, 0.25) is 0 Å². The molecule has 0 atom stereocenters. The van der Waals surface area contributed by atoms with E-state index in [2.05, 4.69) is 17.2 Å². The molecule has 1 aromatic heterocycles. The maximum Gasteiger partial charge on any atom is 0.196 e. The van der Waals surface area contributed by atoms with Crippen molar-refractivity contribution in [2.45, 2.75) is 33.2 Å². The molecule has 0 amide bonds. The topological polar surface area (TPSA) is 51.2 Å². The van der Waals surface area contributed by atoms with Crippen molar-refractivity contribution in [3.63, 3.8) is 0 Å². The molecule has 22 heavy (non-hydrogen) atoms. The van der Waals surface area contributed by atoms with Crippen molar-refractivity contribution < 1.29 is 9.53 Å². The van der Waals surface area contributed by atoms with Crippen molar-refractivity contribution in [1.29, 1.82) is 0 Å². The van der Waals surface area contributed by atoms with E-state index in [9.17, 15) is 4.79 Å². The fourth-order valence-corrected chi connectivity index (χ4v) is 2.08. The number of pyridine rings is 1. The summed E-state index contributed by atoms with van der Waals surface area (Å²) in [5.41, 5.74) is 1.18. The Balaban J connectivity index is 2.28. The van der Waals surface area contributed by atoms with Gasteiger partial charge in [0.25, 0.3) is 0 Å². The predicted octanol–water partition coefficient (Wildman–Crippen LogP) is 3.92. The summed E-state index contributed by atoms with van der Waals surface area (Å²) < 4.78 is 5.59. The van der Waals surface area contributed by atoms with Gasteiger partial charge in [-0.05, 0) is 44.5 Å². The first-order valence-corrected chi connectivity index (χ1v) is 7.61. The molecule has 0 bridgehead atoms. The van der Waals surface area contributed by atoms with Gasteiger partial charge >= 0.3 is 0 Å². The number of anilines is 1. The number of nitrogens with one attached hydrogen (secondary N) is 1. The van der Waals surface area contributed by atoms with Gasteiger partial charge in [-0.3, -0.25) is 4.79 Å². The number of ether oxygens (including phenoxy) is 1. The van der Waals surface area contributed by atoms with Crippen LogP contribution in [-0.4, -0.2) is 23.4 Å². The maximum atomic E-state index is 12.7. The Labute approximate surface area is 131 Å². The molecule has 2 rings (SSSR count). The summed E-state index contributed by atoms with van der Waals surface area (Å²) in [5, 5.41) is 3.21. The van der Waals surface area contributed by atoms with E-state index in [0.717, 1.165) is 12.2 Å². The average molecular weight is 298 g/mol. The van der Waals surface area contributed by atoms with E-state index in [4.69, 9.17) is 4.74 Å². The van der Waals surface area contributed by atoms with E-state index in [1.165, 1.54) is 0 Å². The van der Waals surface area contributed by atoms with Gasteiger partial charge in [0.1, 0.15) is 11.6 Å². The van der Waals surface area contributed by atoms with Crippen LogP contribution in [0.5, 0.6) is 5.75 Å². The molecule has 1 N–H and O–H groups in total. The molecule has 0 saturated heterocycles. The SMILES string of the molecule is CCCOc1cccc(C(=O)c2cccnc2NC(C)C)c1. The van der Waals surface area contributed by atoms with Gasteiger partial charge in [-0.15, -0.1) is 0 Å². The minimum Gasteiger partial charge on any atom is -0.494 e. The van der Waals surface area contributed by atoms with Gasteiger partial charge in [-0.2, -0.15) is 0 Å². The highest BCUT2D eigenvalue weighted by molar-refractivity contribution is 6.12. The Bertz CT molecular complexity index is 638. The zero-order chi connectivity index (χ0) is 15.9. The zero-order valence-corrected chi connectivity index (χ0v) is 13.3. The molecule has 0 spiro atoms. The molecule has 1 aromatic carbocycles. The molecular weight excluding hydrogens is 276 g/mol. The molecule has 0 saturated carbocycles. The monoisotopic (exact) mass is 298 g/mol. The number of ketones is 1. The summed E-state index contributed by atoms with van der Waals surface area (Å²) in [6.45, 7) is 6.73. The van der Waals surface area contributed by atoms with E-state index >= 15 is 0 Å².